The molecule has 0 spiro atoms. The second-order valence-electron chi connectivity index (χ2n) is 2.74. The molecular formula is C6H3F9N2O. The Morgan fingerprint density at radius 2 is 1.22 bits per heavy atom. The van der Waals surface area contributed by atoms with Crippen molar-refractivity contribution in [2.45, 2.75) is 25.8 Å². The summed E-state index contributed by atoms with van der Waals surface area (Å²) in [5, 5.41) is 0. The number of alkyl halides is 9. The fraction of sp³-hybridized carbons (Fsp3) is 0.667. The minimum absolute atomic E-state index is 0.0836. The molecule has 106 valence electrons. The lowest BCUT2D eigenvalue weighted by atomic mass is 10.3. The average Bonchev–Trinajstić information content (AvgIpc) is 1.93. The van der Waals surface area contributed by atoms with E-state index in [2.05, 4.69) is 0 Å². The molecule has 0 aliphatic rings. The number of hydrogen-bond acceptors (Lipinski definition) is 2. The van der Waals surface area contributed by atoms with Gasteiger partial charge in [-0.05, 0) is 6.92 Å². The van der Waals surface area contributed by atoms with E-state index in [4.69, 9.17) is 0 Å². The first-order chi connectivity index (χ1) is 7.66. The van der Waals surface area contributed by atoms with E-state index in [1.54, 1.807) is 0 Å². The van der Waals surface area contributed by atoms with Crippen LogP contribution in [0.15, 0.2) is 4.99 Å². The normalized spacial score (nSPS) is 14.7. The zero-order valence-corrected chi connectivity index (χ0v) is 8.20. The van der Waals surface area contributed by atoms with Gasteiger partial charge in [0, 0.05) is 0 Å². The van der Waals surface area contributed by atoms with Gasteiger partial charge in [0.25, 0.3) is 5.91 Å². The van der Waals surface area contributed by atoms with Crippen LogP contribution in [-0.2, 0) is 4.79 Å². The second-order valence-corrected chi connectivity index (χ2v) is 2.74. The molecule has 0 bridgehead atoms. The number of hydrogen-bond donors (Lipinski definition) is 0. The number of nitrogens with zero attached hydrogens (tertiary/aromatic N) is 2. The summed E-state index contributed by atoms with van der Waals surface area (Å²) >= 11 is 0. The summed E-state index contributed by atoms with van der Waals surface area (Å²) in [7, 11) is 0. The first-order valence-corrected chi connectivity index (χ1v) is 3.77. The van der Waals surface area contributed by atoms with E-state index in [9.17, 15) is 44.3 Å². The van der Waals surface area contributed by atoms with E-state index < -0.39 is 35.4 Å². The lowest BCUT2D eigenvalue weighted by Gasteiger charge is -2.26. The maximum Gasteiger partial charge on any atom is 0.503 e. The molecule has 0 saturated heterocycles. The summed E-state index contributed by atoms with van der Waals surface area (Å²) < 4.78 is 106. The Labute approximate surface area is 92.9 Å². The molecule has 0 atom stereocenters. The van der Waals surface area contributed by atoms with Gasteiger partial charge in [-0.2, -0.15) is 9.89 Å². The minimum Gasteiger partial charge on any atom is -0.267 e. The molecule has 0 radical (unpaired) electrons. The summed E-state index contributed by atoms with van der Waals surface area (Å²) in [5.74, 6) is -2.95. The van der Waals surface area contributed by atoms with Gasteiger partial charge in [0.1, 0.15) is 5.71 Å². The number of carbonyl (C=O) groups is 1. The first-order valence-electron chi connectivity index (χ1n) is 3.77. The van der Waals surface area contributed by atoms with Crippen LogP contribution in [0.1, 0.15) is 6.92 Å². The zero-order valence-electron chi connectivity index (χ0n) is 8.20. The molecule has 0 saturated carbocycles. The smallest absolute Gasteiger partial charge is 0.267 e. The van der Waals surface area contributed by atoms with Crippen molar-refractivity contribution < 1.29 is 44.3 Å². The molecule has 1 amide bonds. The topological polar surface area (TPSA) is 32.7 Å². The number of halogens is 9. The van der Waals surface area contributed by atoms with E-state index in [1.165, 1.54) is 4.99 Å². The minimum atomic E-state index is -6.21. The molecule has 18 heavy (non-hydrogen) atoms. The van der Waals surface area contributed by atoms with Crippen LogP contribution in [0.25, 0.3) is 0 Å². The Morgan fingerprint density at radius 3 is 1.44 bits per heavy atom. The highest BCUT2D eigenvalue weighted by Gasteiger charge is 2.57. The maximum absolute atomic E-state index is 11.9. The molecule has 0 heterocycles. The van der Waals surface area contributed by atoms with Gasteiger partial charge < -0.3 is 0 Å². The Kier molecular flexibility index (Phi) is 4.26. The lowest BCUT2D eigenvalue weighted by Crippen LogP contribution is -2.53. The van der Waals surface area contributed by atoms with Gasteiger partial charge >= 0.3 is 18.9 Å². The van der Waals surface area contributed by atoms with Crippen LogP contribution in [0.2, 0.25) is 0 Å². The zero-order chi connectivity index (χ0) is 14.9. The van der Waals surface area contributed by atoms with Gasteiger partial charge in [-0.1, -0.05) is 0 Å². The maximum atomic E-state index is 11.9. The van der Waals surface area contributed by atoms with Crippen LogP contribution in [0.4, 0.5) is 39.5 Å². The molecule has 0 fully saturated rings. The molecule has 0 aliphatic carbocycles. The third-order valence-corrected chi connectivity index (χ3v) is 1.31. The van der Waals surface area contributed by atoms with E-state index in [0.717, 1.165) is 0 Å². The van der Waals surface area contributed by atoms with Gasteiger partial charge in [0.15, 0.2) is 0 Å². The molecule has 0 unspecified atom stereocenters. The summed E-state index contributed by atoms with van der Waals surface area (Å²) in [6, 6.07) is 0. The van der Waals surface area contributed by atoms with Crippen molar-refractivity contribution in [3.63, 3.8) is 0 Å². The van der Waals surface area contributed by atoms with Crippen molar-refractivity contribution >= 4 is 11.6 Å². The van der Waals surface area contributed by atoms with Crippen molar-refractivity contribution in [1.29, 1.82) is 0 Å². The van der Waals surface area contributed by atoms with Crippen LogP contribution in [-0.4, -0.2) is 35.4 Å². The average molecular weight is 290 g/mol. The van der Waals surface area contributed by atoms with Crippen LogP contribution >= 0.6 is 0 Å². The number of aliphatic imine (C=N–C) groups is 1. The monoisotopic (exact) mass is 290 g/mol. The third-order valence-electron chi connectivity index (χ3n) is 1.31. The Morgan fingerprint density at radius 1 is 0.889 bits per heavy atom. The van der Waals surface area contributed by atoms with Crippen molar-refractivity contribution in [1.82, 2.24) is 4.90 Å². The Bertz CT molecular complexity index is 336. The van der Waals surface area contributed by atoms with Crippen molar-refractivity contribution in [2.24, 2.45) is 4.99 Å². The number of amides is 1. The predicted octanol–water partition coefficient (Wildman–Crippen LogP) is 2.84. The van der Waals surface area contributed by atoms with Gasteiger partial charge in [0.2, 0.25) is 0 Å². The molecular weight excluding hydrogens is 287 g/mol. The largest absolute Gasteiger partial charge is 0.503 e. The van der Waals surface area contributed by atoms with Crippen LogP contribution in [0.3, 0.4) is 0 Å². The molecule has 0 rings (SSSR count). The molecule has 0 N–H and O–H groups in total. The van der Waals surface area contributed by atoms with Gasteiger partial charge in [-0.15, -0.1) is 39.5 Å². The van der Waals surface area contributed by atoms with Crippen LogP contribution in [0, 0.1) is 0 Å². The number of carbonyl (C=O) groups excluding carboxylic acids is 1. The fourth-order valence-electron chi connectivity index (χ4n) is 0.774. The highest BCUT2D eigenvalue weighted by atomic mass is 19.4. The predicted molar refractivity (Wildman–Crippen MR) is 38.1 cm³/mol. The standard InChI is InChI=1S/C6H3F9N2O/c1-2(16-4(7,8)9)3(18)17(5(10,11)12)6(13,14)15/h1H3. The first kappa shape index (κ1) is 16.5. The van der Waals surface area contributed by atoms with Gasteiger partial charge in [-0.3, -0.25) is 4.79 Å². The second kappa shape index (κ2) is 4.65. The highest BCUT2D eigenvalue weighted by molar-refractivity contribution is 6.38. The van der Waals surface area contributed by atoms with E-state index in [0.29, 0.717) is 0 Å². The fourth-order valence-corrected chi connectivity index (χ4v) is 0.774. The van der Waals surface area contributed by atoms with Crippen molar-refractivity contribution in [3.05, 3.63) is 0 Å². The molecule has 3 nitrogen and oxygen atoms in total. The molecule has 12 heteroatoms. The molecule has 0 aromatic rings. The van der Waals surface area contributed by atoms with E-state index >= 15 is 0 Å². The summed E-state index contributed by atoms with van der Waals surface area (Å²) in [4.78, 5) is 9.56. The highest BCUT2D eigenvalue weighted by Crippen LogP contribution is 2.33. The van der Waals surface area contributed by atoms with E-state index in [-0.39, 0.29) is 6.92 Å². The third kappa shape index (κ3) is 4.79. The van der Waals surface area contributed by atoms with Gasteiger partial charge in [0.05, 0.1) is 0 Å². The molecule has 0 aromatic carbocycles. The summed E-state index contributed by atoms with van der Waals surface area (Å²) in [5.41, 5.74) is -1.99. The van der Waals surface area contributed by atoms with Crippen LogP contribution < -0.4 is 0 Å². The Hall–Kier alpha value is -1.49. The SMILES string of the molecule is CC(=NC(F)(F)F)C(=O)N(C(F)(F)F)C(F)(F)F. The van der Waals surface area contributed by atoms with Gasteiger partial charge in [-0.25, -0.2) is 0 Å². The van der Waals surface area contributed by atoms with E-state index in [1.807, 2.05) is 0 Å². The summed E-state index contributed by atoms with van der Waals surface area (Å²) in [6.07, 6.45) is -17.9. The Balaban J connectivity index is 5.45. The van der Waals surface area contributed by atoms with Crippen molar-refractivity contribution in [3.8, 4) is 0 Å². The quantitative estimate of drug-likeness (QED) is 0.415. The van der Waals surface area contributed by atoms with Crippen molar-refractivity contribution in [2.75, 3.05) is 0 Å². The number of rotatable bonds is 1. The molecule has 0 aliphatic heterocycles. The molecule has 0 aromatic heterocycles. The summed E-state index contributed by atoms with van der Waals surface area (Å²) in [6.45, 7) is 0.0836. The lowest BCUT2D eigenvalue weighted by molar-refractivity contribution is -0.353. The van der Waals surface area contributed by atoms with Crippen LogP contribution in [0.5, 0.6) is 0 Å².